The van der Waals surface area contributed by atoms with Crippen molar-refractivity contribution in [3.8, 4) is 17.1 Å². The zero-order valence-corrected chi connectivity index (χ0v) is 30.6. The van der Waals surface area contributed by atoms with Gasteiger partial charge in [-0.3, -0.25) is 19.1 Å². The van der Waals surface area contributed by atoms with Gasteiger partial charge in [0.15, 0.2) is 0 Å². The van der Waals surface area contributed by atoms with Crippen molar-refractivity contribution < 1.29 is 37.1 Å². The molecule has 16 nitrogen and oxygen atoms in total. The van der Waals surface area contributed by atoms with Gasteiger partial charge in [0.1, 0.15) is 23.4 Å². The highest BCUT2D eigenvalue weighted by Crippen LogP contribution is 2.47. The van der Waals surface area contributed by atoms with E-state index in [-0.39, 0.29) is 31.9 Å². The Morgan fingerprint density at radius 2 is 1.92 bits per heavy atom. The van der Waals surface area contributed by atoms with Crippen molar-refractivity contribution in [3.63, 3.8) is 0 Å². The molecule has 0 spiro atoms. The van der Waals surface area contributed by atoms with Crippen LogP contribution in [-0.4, -0.2) is 100 Å². The van der Waals surface area contributed by atoms with Crippen molar-refractivity contribution >= 4 is 33.8 Å². The van der Waals surface area contributed by atoms with E-state index in [1.165, 1.54) is 9.70 Å². The molecule has 2 saturated carbocycles. The summed E-state index contributed by atoms with van der Waals surface area (Å²) in [6.45, 7) is 7.45. The number of benzene rings is 1. The zero-order chi connectivity index (χ0) is 36.7. The Morgan fingerprint density at radius 3 is 2.59 bits per heavy atom. The van der Waals surface area contributed by atoms with Crippen molar-refractivity contribution in [3.05, 3.63) is 23.8 Å². The van der Waals surface area contributed by atoms with Gasteiger partial charge < -0.3 is 25.0 Å². The van der Waals surface area contributed by atoms with Gasteiger partial charge in [-0.2, -0.15) is 4.80 Å². The van der Waals surface area contributed by atoms with Gasteiger partial charge in [-0.1, -0.05) is 34.1 Å². The van der Waals surface area contributed by atoms with Gasteiger partial charge in [-0.15, -0.1) is 10.2 Å². The lowest BCUT2D eigenvalue weighted by Crippen LogP contribution is -2.60. The molecule has 278 valence electrons. The number of amides is 4. The quantitative estimate of drug-likeness (QED) is 0.377. The highest BCUT2D eigenvalue weighted by atomic mass is 32.2. The summed E-state index contributed by atoms with van der Waals surface area (Å²) in [6.07, 6.45) is 4.04. The summed E-state index contributed by atoms with van der Waals surface area (Å²) in [5, 5.41) is 18.3. The number of cyclic esters (lactones) is 1. The number of carbonyl (C=O) groups is 4. The summed E-state index contributed by atoms with van der Waals surface area (Å²) in [5.74, 6) is -1.08. The molecule has 3 heterocycles. The second kappa shape index (κ2) is 14.0. The molecular weight excluding hydrogens is 680 g/mol. The molecule has 4 amide bonds. The number of aryl methyl sites for hydroxylation is 1. The Bertz CT molecular complexity index is 1790. The van der Waals surface area contributed by atoms with E-state index in [4.69, 9.17) is 9.47 Å². The lowest BCUT2D eigenvalue weighted by Gasteiger charge is -2.35. The molecule has 1 aromatic heterocycles. The van der Waals surface area contributed by atoms with Crippen molar-refractivity contribution in [1.82, 2.24) is 40.5 Å². The van der Waals surface area contributed by atoms with Crippen molar-refractivity contribution in [2.24, 2.45) is 11.3 Å². The Kier molecular flexibility index (Phi) is 10.0. The van der Waals surface area contributed by atoms with E-state index in [1.807, 2.05) is 25.1 Å². The van der Waals surface area contributed by atoms with Crippen molar-refractivity contribution in [2.45, 2.75) is 114 Å². The highest BCUT2D eigenvalue weighted by Gasteiger charge is 2.62. The summed E-state index contributed by atoms with van der Waals surface area (Å²) < 4.78 is 38.6. The molecule has 2 aliphatic carbocycles. The molecule has 6 bridgehead atoms. The van der Waals surface area contributed by atoms with Gasteiger partial charge in [0.05, 0.1) is 25.0 Å². The third-order valence-electron chi connectivity index (χ3n) is 10.4. The average Bonchev–Trinajstić information content (AvgIpc) is 3.96. The van der Waals surface area contributed by atoms with Crippen LogP contribution in [0.5, 0.6) is 5.75 Å². The number of sulfonamides is 1. The molecule has 1 saturated heterocycles. The molecule has 17 heteroatoms. The average molecular weight is 729 g/mol. The standard InChI is InChI=1S/C34H48N8O8S/c1-6-22-18-34(22,31(45)39-51(47,48)24-12-13-24)36-29(43)25-17-23-19-41(25)30(44)27(33(2,3)4)35-32(46)50-15-9-7-8-10-20-16-21(11-14-26(20)49-5)28-37-40-42(23)38-28/h11,14,16,22-25,27H,6-10,12-13,15,17-19H2,1-5H3,(H,35,46)(H,36,43)(H,39,45)/t22-,23-,25+,27-,34-/m1/s1. The fraction of sp³-hybridized carbons (Fsp3) is 0.676. The number of aromatic nitrogens is 4. The number of nitrogens with one attached hydrogen (secondary N) is 3. The predicted octanol–water partition coefficient (Wildman–Crippen LogP) is 2.25. The van der Waals surface area contributed by atoms with E-state index < -0.39 is 68.2 Å². The maximum atomic E-state index is 14.4. The van der Waals surface area contributed by atoms with Crippen molar-refractivity contribution in [2.75, 3.05) is 20.3 Å². The minimum atomic E-state index is -3.86. The molecule has 6 rings (SSSR count). The van der Waals surface area contributed by atoms with Crippen molar-refractivity contribution in [1.29, 1.82) is 0 Å². The SMILES string of the molecule is CC[C@@H]1C[C@]1(NC(=O)[C@@H]1C[C@@H]2CN1C(=O)[C@H](C(C)(C)C)NC(=O)OCCCCCc1cc(ccc1OC)-c1nnn2n1)C(=O)NS(=O)(=O)C1CC1. The summed E-state index contributed by atoms with van der Waals surface area (Å²) in [5.41, 5.74) is -0.507. The lowest BCUT2D eigenvalue weighted by atomic mass is 9.85. The summed E-state index contributed by atoms with van der Waals surface area (Å²) in [7, 11) is -2.25. The van der Waals surface area contributed by atoms with Crippen LogP contribution in [0.1, 0.15) is 90.7 Å². The van der Waals surface area contributed by atoms with Gasteiger partial charge >= 0.3 is 6.09 Å². The largest absolute Gasteiger partial charge is 0.496 e. The van der Waals surface area contributed by atoms with Crippen LogP contribution in [0.25, 0.3) is 11.4 Å². The molecule has 0 radical (unpaired) electrons. The van der Waals surface area contributed by atoms with Crippen LogP contribution < -0.4 is 20.1 Å². The van der Waals surface area contributed by atoms with Gasteiger partial charge in [0.25, 0.3) is 5.91 Å². The number of nitrogens with zero attached hydrogens (tertiary/aromatic N) is 5. The first-order chi connectivity index (χ1) is 24.2. The molecule has 3 fully saturated rings. The maximum Gasteiger partial charge on any atom is 0.407 e. The molecule has 3 N–H and O–H groups in total. The molecular formula is C34H48N8O8S. The second-order valence-electron chi connectivity index (χ2n) is 15.2. The Labute approximate surface area is 297 Å². The summed E-state index contributed by atoms with van der Waals surface area (Å²) in [6, 6.07) is 2.91. The minimum Gasteiger partial charge on any atom is -0.496 e. The van der Waals surface area contributed by atoms with Crippen LogP contribution in [0.15, 0.2) is 18.2 Å². The Hall–Kier alpha value is -4.28. The number of fused-ring (bicyclic) bond motifs is 8. The van der Waals surface area contributed by atoms with E-state index in [9.17, 15) is 27.6 Å². The molecule has 0 unspecified atom stereocenters. The van der Waals surface area contributed by atoms with E-state index in [2.05, 4.69) is 30.8 Å². The van der Waals surface area contributed by atoms with Crippen LogP contribution >= 0.6 is 0 Å². The lowest BCUT2D eigenvalue weighted by molar-refractivity contribution is -0.142. The number of methoxy groups -OCH3 is 1. The van der Waals surface area contributed by atoms with Gasteiger partial charge in [-0.25, -0.2) is 13.2 Å². The monoisotopic (exact) mass is 728 g/mol. The topological polar surface area (TPSA) is 204 Å². The fourth-order valence-corrected chi connectivity index (χ4v) is 8.47. The number of rotatable bonds is 7. The number of alkyl carbamates (subject to hydrolysis) is 1. The third-order valence-corrected chi connectivity index (χ3v) is 12.2. The molecule has 51 heavy (non-hydrogen) atoms. The summed E-state index contributed by atoms with van der Waals surface area (Å²) >= 11 is 0. The highest BCUT2D eigenvalue weighted by molar-refractivity contribution is 7.91. The Balaban J connectivity index is 1.33. The van der Waals surface area contributed by atoms with Gasteiger partial charge in [0, 0.05) is 18.5 Å². The molecule has 1 aromatic carbocycles. The number of hydrogen-bond donors (Lipinski definition) is 3. The van der Waals surface area contributed by atoms with Crippen LogP contribution in [0.2, 0.25) is 0 Å². The minimum absolute atomic E-state index is 0.0103. The number of carbonyl (C=O) groups excluding carboxylic acids is 4. The van der Waals surface area contributed by atoms with E-state index >= 15 is 0 Å². The molecule has 2 aromatic rings. The van der Waals surface area contributed by atoms with Gasteiger partial charge in [-0.05, 0) is 85.3 Å². The molecule has 4 aliphatic rings. The van der Waals surface area contributed by atoms with Gasteiger partial charge in [0.2, 0.25) is 27.7 Å². The van der Waals surface area contributed by atoms with Crippen LogP contribution in [0.4, 0.5) is 4.79 Å². The van der Waals surface area contributed by atoms with Crippen LogP contribution in [-0.2, 0) is 35.6 Å². The number of tetrazole rings is 1. The zero-order valence-electron chi connectivity index (χ0n) is 29.8. The van der Waals surface area contributed by atoms with Crippen LogP contribution in [0, 0.1) is 11.3 Å². The van der Waals surface area contributed by atoms with Crippen LogP contribution in [0.3, 0.4) is 0 Å². The van der Waals surface area contributed by atoms with E-state index in [1.54, 1.807) is 27.9 Å². The third kappa shape index (κ3) is 7.67. The first-order valence-electron chi connectivity index (χ1n) is 17.8. The first-order valence-corrected chi connectivity index (χ1v) is 19.3. The summed E-state index contributed by atoms with van der Waals surface area (Å²) in [4.78, 5) is 58.0. The maximum absolute atomic E-state index is 14.4. The Morgan fingerprint density at radius 1 is 1.16 bits per heavy atom. The molecule has 2 aliphatic heterocycles. The molecule has 5 atom stereocenters. The second-order valence-corrected chi connectivity index (χ2v) is 17.2. The number of hydrogen-bond acceptors (Lipinski definition) is 11. The predicted molar refractivity (Wildman–Crippen MR) is 184 cm³/mol. The van der Waals surface area contributed by atoms with E-state index in [0.717, 1.165) is 36.1 Å². The number of ether oxygens (including phenoxy) is 2. The van der Waals surface area contributed by atoms with E-state index in [0.29, 0.717) is 31.5 Å². The first kappa shape index (κ1) is 36.5. The normalized spacial score (nSPS) is 27.3. The smallest absolute Gasteiger partial charge is 0.407 e. The fourth-order valence-electron chi connectivity index (χ4n) is 7.11.